The standard InChI is InChI=1S/C12H11N3O2/c13-10-6-8(12(14)16)3-4-11(10)17-9-2-1-5-15-7-9/h1-7H,13H2,(H2,14,16). The van der Waals surface area contributed by atoms with Gasteiger partial charge in [0.15, 0.2) is 0 Å². The van der Waals surface area contributed by atoms with E-state index in [0.717, 1.165) is 0 Å². The first kappa shape index (κ1) is 10.9. The lowest BCUT2D eigenvalue weighted by Gasteiger charge is -2.08. The molecule has 1 amide bonds. The molecule has 2 rings (SSSR count). The number of carbonyl (C=O) groups is 1. The minimum Gasteiger partial charge on any atom is -0.454 e. The topological polar surface area (TPSA) is 91.2 Å². The molecule has 1 aromatic carbocycles. The molecule has 0 saturated carbocycles. The summed E-state index contributed by atoms with van der Waals surface area (Å²) in [6.07, 6.45) is 3.22. The van der Waals surface area contributed by atoms with Crippen molar-refractivity contribution in [3.63, 3.8) is 0 Å². The van der Waals surface area contributed by atoms with Crippen LogP contribution in [0, 0.1) is 0 Å². The third-order valence-corrected chi connectivity index (χ3v) is 2.16. The molecule has 0 aliphatic heterocycles. The van der Waals surface area contributed by atoms with Gasteiger partial charge in [0.25, 0.3) is 0 Å². The molecule has 0 radical (unpaired) electrons. The monoisotopic (exact) mass is 229 g/mol. The van der Waals surface area contributed by atoms with Crippen molar-refractivity contribution < 1.29 is 9.53 Å². The lowest BCUT2D eigenvalue weighted by Crippen LogP contribution is -2.11. The third-order valence-electron chi connectivity index (χ3n) is 2.16. The predicted molar refractivity (Wildman–Crippen MR) is 63.7 cm³/mol. The highest BCUT2D eigenvalue weighted by atomic mass is 16.5. The van der Waals surface area contributed by atoms with Crippen LogP contribution in [0.1, 0.15) is 10.4 Å². The summed E-state index contributed by atoms with van der Waals surface area (Å²) >= 11 is 0. The van der Waals surface area contributed by atoms with Crippen LogP contribution in [0.2, 0.25) is 0 Å². The largest absolute Gasteiger partial charge is 0.454 e. The number of anilines is 1. The minimum atomic E-state index is -0.523. The van der Waals surface area contributed by atoms with Gasteiger partial charge in [0.05, 0.1) is 11.9 Å². The van der Waals surface area contributed by atoms with E-state index < -0.39 is 5.91 Å². The van der Waals surface area contributed by atoms with E-state index >= 15 is 0 Å². The van der Waals surface area contributed by atoms with Crippen molar-refractivity contribution in [1.29, 1.82) is 0 Å². The lowest BCUT2D eigenvalue weighted by molar-refractivity contribution is 0.100. The molecule has 0 fully saturated rings. The molecular weight excluding hydrogens is 218 g/mol. The van der Waals surface area contributed by atoms with E-state index in [0.29, 0.717) is 22.7 Å². The number of aromatic nitrogens is 1. The zero-order chi connectivity index (χ0) is 12.3. The molecule has 1 heterocycles. The quantitative estimate of drug-likeness (QED) is 0.781. The fourth-order valence-corrected chi connectivity index (χ4v) is 1.33. The van der Waals surface area contributed by atoms with E-state index in [9.17, 15) is 4.79 Å². The van der Waals surface area contributed by atoms with Gasteiger partial charge in [0.1, 0.15) is 11.5 Å². The molecule has 0 unspecified atom stereocenters. The number of ether oxygens (including phenoxy) is 1. The van der Waals surface area contributed by atoms with Gasteiger partial charge in [-0.3, -0.25) is 9.78 Å². The van der Waals surface area contributed by atoms with Crippen LogP contribution < -0.4 is 16.2 Å². The molecule has 17 heavy (non-hydrogen) atoms. The average molecular weight is 229 g/mol. The maximum absolute atomic E-state index is 10.9. The zero-order valence-corrected chi connectivity index (χ0v) is 8.96. The Bertz CT molecular complexity index is 541. The maximum Gasteiger partial charge on any atom is 0.248 e. The van der Waals surface area contributed by atoms with Crippen LogP contribution in [0.25, 0.3) is 0 Å². The Hall–Kier alpha value is -2.56. The van der Waals surface area contributed by atoms with Crippen LogP contribution in [0.15, 0.2) is 42.7 Å². The van der Waals surface area contributed by atoms with Gasteiger partial charge in [-0.05, 0) is 30.3 Å². The first-order valence-corrected chi connectivity index (χ1v) is 4.94. The highest BCUT2D eigenvalue weighted by Gasteiger charge is 2.06. The van der Waals surface area contributed by atoms with E-state index in [2.05, 4.69) is 4.98 Å². The average Bonchev–Trinajstić information content (AvgIpc) is 2.33. The van der Waals surface area contributed by atoms with Crippen LogP contribution in [-0.4, -0.2) is 10.9 Å². The molecule has 2 aromatic rings. The van der Waals surface area contributed by atoms with Crippen LogP contribution in [-0.2, 0) is 0 Å². The van der Waals surface area contributed by atoms with Gasteiger partial charge in [-0.25, -0.2) is 0 Å². The number of pyridine rings is 1. The molecule has 0 saturated heterocycles. The third kappa shape index (κ3) is 2.52. The summed E-state index contributed by atoms with van der Waals surface area (Å²) in [5, 5.41) is 0. The van der Waals surface area contributed by atoms with Crippen molar-refractivity contribution in [1.82, 2.24) is 4.98 Å². The van der Waals surface area contributed by atoms with Gasteiger partial charge in [0.2, 0.25) is 5.91 Å². The first-order chi connectivity index (χ1) is 8.16. The number of nitrogen functional groups attached to an aromatic ring is 1. The van der Waals surface area contributed by atoms with Gasteiger partial charge >= 0.3 is 0 Å². The molecule has 0 bridgehead atoms. The normalized spacial score (nSPS) is 9.88. The van der Waals surface area contributed by atoms with Crippen LogP contribution in [0.5, 0.6) is 11.5 Å². The Labute approximate surface area is 98.0 Å². The predicted octanol–water partition coefficient (Wildman–Crippen LogP) is 1.55. The van der Waals surface area contributed by atoms with Crippen molar-refractivity contribution in [3.05, 3.63) is 48.3 Å². The van der Waals surface area contributed by atoms with Crippen molar-refractivity contribution >= 4 is 11.6 Å². The summed E-state index contributed by atoms with van der Waals surface area (Å²) in [6.45, 7) is 0. The van der Waals surface area contributed by atoms with Gasteiger partial charge < -0.3 is 16.2 Å². The number of rotatable bonds is 3. The summed E-state index contributed by atoms with van der Waals surface area (Å²) in [5.41, 5.74) is 11.6. The van der Waals surface area contributed by atoms with Gasteiger partial charge in [-0.2, -0.15) is 0 Å². The number of benzene rings is 1. The van der Waals surface area contributed by atoms with Gasteiger partial charge in [0, 0.05) is 11.8 Å². The molecular formula is C12H11N3O2. The Morgan fingerprint density at radius 2 is 2.12 bits per heavy atom. The Morgan fingerprint density at radius 3 is 2.71 bits per heavy atom. The van der Waals surface area contributed by atoms with E-state index in [1.807, 2.05) is 0 Å². The number of nitrogens with zero attached hydrogens (tertiary/aromatic N) is 1. The summed E-state index contributed by atoms with van der Waals surface area (Å²) in [6, 6.07) is 8.15. The van der Waals surface area contributed by atoms with Crippen molar-refractivity contribution in [2.75, 3.05) is 5.73 Å². The maximum atomic E-state index is 10.9. The number of hydrogen-bond acceptors (Lipinski definition) is 4. The highest BCUT2D eigenvalue weighted by molar-refractivity contribution is 5.94. The summed E-state index contributed by atoms with van der Waals surface area (Å²) in [7, 11) is 0. The molecule has 4 N–H and O–H groups in total. The molecule has 5 heteroatoms. The van der Waals surface area contributed by atoms with E-state index in [1.54, 1.807) is 36.7 Å². The summed E-state index contributed by atoms with van der Waals surface area (Å²) in [4.78, 5) is 14.9. The van der Waals surface area contributed by atoms with Crippen LogP contribution in [0.3, 0.4) is 0 Å². The Kier molecular flexibility index (Phi) is 2.91. The number of carbonyl (C=O) groups excluding carboxylic acids is 1. The smallest absolute Gasteiger partial charge is 0.248 e. The first-order valence-electron chi connectivity index (χ1n) is 4.94. The van der Waals surface area contributed by atoms with Crippen LogP contribution >= 0.6 is 0 Å². The van der Waals surface area contributed by atoms with Crippen molar-refractivity contribution in [3.8, 4) is 11.5 Å². The second kappa shape index (κ2) is 4.52. The lowest BCUT2D eigenvalue weighted by atomic mass is 10.2. The molecule has 86 valence electrons. The number of hydrogen-bond donors (Lipinski definition) is 2. The summed E-state index contributed by atoms with van der Waals surface area (Å²) < 4.78 is 5.50. The van der Waals surface area contributed by atoms with Gasteiger partial charge in [-0.15, -0.1) is 0 Å². The van der Waals surface area contributed by atoms with E-state index in [4.69, 9.17) is 16.2 Å². The highest BCUT2D eigenvalue weighted by Crippen LogP contribution is 2.27. The van der Waals surface area contributed by atoms with E-state index in [1.165, 1.54) is 6.07 Å². The number of nitrogens with two attached hydrogens (primary N) is 2. The second-order valence-electron chi connectivity index (χ2n) is 3.41. The molecule has 0 atom stereocenters. The Morgan fingerprint density at radius 1 is 1.29 bits per heavy atom. The number of amides is 1. The SMILES string of the molecule is NC(=O)c1ccc(Oc2cccnc2)c(N)c1. The Balaban J connectivity index is 2.26. The van der Waals surface area contributed by atoms with Crippen molar-refractivity contribution in [2.24, 2.45) is 5.73 Å². The molecule has 0 spiro atoms. The number of primary amides is 1. The van der Waals surface area contributed by atoms with Gasteiger partial charge in [-0.1, -0.05) is 0 Å². The molecule has 0 aliphatic carbocycles. The van der Waals surface area contributed by atoms with Crippen LogP contribution in [0.4, 0.5) is 5.69 Å². The second-order valence-corrected chi connectivity index (χ2v) is 3.41. The van der Waals surface area contributed by atoms with Crippen molar-refractivity contribution in [2.45, 2.75) is 0 Å². The minimum absolute atomic E-state index is 0.348. The summed E-state index contributed by atoms with van der Waals surface area (Å²) in [5.74, 6) is 0.513. The fraction of sp³-hybridized carbons (Fsp3) is 0. The molecule has 0 aliphatic rings. The van der Waals surface area contributed by atoms with E-state index in [-0.39, 0.29) is 0 Å². The molecule has 5 nitrogen and oxygen atoms in total. The molecule has 1 aromatic heterocycles. The fourth-order valence-electron chi connectivity index (χ4n) is 1.33. The zero-order valence-electron chi connectivity index (χ0n) is 8.96.